The second-order valence-electron chi connectivity index (χ2n) is 5.33. The topological polar surface area (TPSA) is 29.0 Å². The standard InChI is InChI=1S/C18H13BrF3N3/c1-25(14-9-7-13(19)8-10-14)17-15(18(20,21)22)11-23-16(24-17)12-5-3-2-4-6-12/h2-11H,1H3. The quantitative estimate of drug-likeness (QED) is 0.558. The first-order valence-corrected chi connectivity index (χ1v) is 8.14. The lowest BCUT2D eigenvalue weighted by atomic mass is 10.2. The van der Waals surface area contributed by atoms with Crippen molar-refractivity contribution in [3.05, 3.63) is 70.8 Å². The van der Waals surface area contributed by atoms with E-state index in [0.29, 0.717) is 11.3 Å². The third kappa shape index (κ3) is 3.82. The number of hydrogen-bond donors (Lipinski definition) is 0. The number of anilines is 2. The lowest BCUT2D eigenvalue weighted by molar-refractivity contribution is -0.137. The SMILES string of the molecule is CN(c1ccc(Br)cc1)c1nc(-c2ccccc2)ncc1C(F)(F)F. The van der Waals surface area contributed by atoms with Crippen LogP contribution in [0.5, 0.6) is 0 Å². The summed E-state index contributed by atoms with van der Waals surface area (Å²) in [6.07, 6.45) is -3.71. The minimum atomic E-state index is -4.55. The molecule has 0 spiro atoms. The summed E-state index contributed by atoms with van der Waals surface area (Å²) < 4.78 is 41.1. The summed E-state index contributed by atoms with van der Waals surface area (Å²) in [6, 6.07) is 15.9. The van der Waals surface area contributed by atoms with E-state index in [1.165, 1.54) is 4.90 Å². The van der Waals surface area contributed by atoms with Crippen molar-refractivity contribution in [2.24, 2.45) is 0 Å². The number of aromatic nitrogens is 2. The van der Waals surface area contributed by atoms with E-state index < -0.39 is 11.7 Å². The lowest BCUT2D eigenvalue weighted by Gasteiger charge is -2.22. The Morgan fingerprint density at radius 3 is 2.20 bits per heavy atom. The Bertz CT molecular complexity index is 865. The van der Waals surface area contributed by atoms with Gasteiger partial charge in [0.05, 0.1) is 0 Å². The number of rotatable bonds is 3. The predicted octanol–water partition coefficient (Wildman–Crippen LogP) is 5.69. The molecule has 128 valence electrons. The molecule has 0 atom stereocenters. The molecule has 0 unspecified atom stereocenters. The monoisotopic (exact) mass is 407 g/mol. The highest BCUT2D eigenvalue weighted by Crippen LogP contribution is 2.38. The molecule has 1 aromatic heterocycles. The number of alkyl halides is 3. The molecule has 0 aliphatic rings. The summed E-state index contributed by atoms with van der Waals surface area (Å²) in [4.78, 5) is 9.50. The Morgan fingerprint density at radius 2 is 1.60 bits per heavy atom. The molecule has 0 fully saturated rings. The van der Waals surface area contributed by atoms with Gasteiger partial charge in [-0.3, -0.25) is 0 Å². The Kier molecular flexibility index (Phi) is 4.76. The molecule has 25 heavy (non-hydrogen) atoms. The van der Waals surface area contributed by atoms with Gasteiger partial charge in [0.2, 0.25) is 0 Å². The molecule has 0 N–H and O–H groups in total. The molecule has 1 heterocycles. The Morgan fingerprint density at radius 1 is 0.960 bits per heavy atom. The molecule has 7 heteroatoms. The number of benzene rings is 2. The smallest absolute Gasteiger partial charge is 0.329 e. The van der Waals surface area contributed by atoms with Crippen molar-refractivity contribution in [1.29, 1.82) is 0 Å². The maximum atomic E-state index is 13.4. The maximum Gasteiger partial charge on any atom is 0.421 e. The van der Waals surface area contributed by atoms with Gasteiger partial charge in [0.15, 0.2) is 5.82 Å². The summed E-state index contributed by atoms with van der Waals surface area (Å²) >= 11 is 3.32. The van der Waals surface area contributed by atoms with Crippen molar-refractivity contribution < 1.29 is 13.2 Å². The van der Waals surface area contributed by atoms with Gasteiger partial charge in [0.1, 0.15) is 11.4 Å². The van der Waals surface area contributed by atoms with E-state index >= 15 is 0 Å². The first-order chi connectivity index (χ1) is 11.9. The Balaban J connectivity index is 2.12. The third-order valence-electron chi connectivity index (χ3n) is 3.64. The van der Waals surface area contributed by atoms with Crippen LogP contribution >= 0.6 is 15.9 Å². The van der Waals surface area contributed by atoms with Gasteiger partial charge in [-0.1, -0.05) is 46.3 Å². The Labute approximate surface area is 151 Å². The van der Waals surface area contributed by atoms with Crippen LogP contribution in [0.2, 0.25) is 0 Å². The average Bonchev–Trinajstić information content (AvgIpc) is 2.61. The normalized spacial score (nSPS) is 11.4. The van der Waals surface area contributed by atoms with Crippen LogP contribution in [0.1, 0.15) is 5.56 Å². The molecule has 3 rings (SSSR count). The molecule has 3 nitrogen and oxygen atoms in total. The molecule has 2 aromatic carbocycles. The predicted molar refractivity (Wildman–Crippen MR) is 94.7 cm³/mol. The van der Waals surface area contributed by atoms with Crippen LogP contribution in [0.4, 0.5) is 24.7 Å². The summed E-state index contributed by atoms with van der Waals surface area (Å²) in [5.41, 5.74) is 0.366. The summed E-state index contributed by atoms with van der Waals surface area (Å²) in [5.74, 6) is 0.0521. The zero-order chi connectivity index (χ0) is 18.0. The van der Waals surface area contributed by atoms with Gasteiger partial charge >= 0.3 is 6.18 Å². The molecule has 0 saturated carbocycles. The van der Waals surface area contributed by atoms with Crippen LogP contribution in [0.3, 0.4) is 0 Å². The molecule has 0 aliphatic carbocycles. The van der Waals surface area contributed by atoms with Crippen molar-refractivity contribution in [2.45, 2.75) is 6.18 Å². The highest BCUT2D eigenvalue weighted by atomic mass is 79.9. The van der Waals surface area contributed by atoms with Gasteiger partial charge in [0.25, 0.3) is 0 Å². The van der Waals surface area contributed by atoms with E-state index in [1.54, 1.807) is 55.6 Å². The first kappa shape index (κ1) is 17.4. The molecule has 0 amide bonds. The minimum Gasteiger partial charge on any atom is -0.329 e. The summed E-state index contributed by atoms with van der Waals surface area (Å²) in [7, 11) is 1.55. The van der Waals surface area contributed by atoms with E-state index in [2.05, 4.69) is 25.9 Å². The van der Waals surface area contributed by atoms with Gasteiger partial charge < -0.3 is 4.90 Å². The van der Waals surface area contributed by atoms with Crippen LogP contribution in [-0.2, 0) is 6.18 Å². The van der Waals surface area contributed by atoms with Gasteiger partial charge in [-0.25, -0.2) is 9.97 Å². The zero-order valence-electron chi connectivity index (χ0n) is 13.1. The van der Waals surface area contributed by atoms with Crippen molar-refractivity contribution in [3.63, 3.8) is 0 Å². The Hall–Kier alpha value is -2.41. The van der Waals surface area contributed by atoms with E-state index in [4.69, 9.17) is 0 Å². The van der Waals surface area contributed by atoms with Crippen LogP contribution in [-0.4, -0.2) is 17.0 Å². The molecular formula is C18H13BrF3N3. The molecule has 0 saturated heterocycles. The van der Waals surface area contributed by atoms with E-state index in [1.807, 2.05) is 6.07 Å². The molecule has 0 radical (unpaired) electrons. The first-order valence-electron chi connectivity index (χ1n) is 7.35. The van der Waals surface area contributed by atoms with Crippen LogP contribution in [0, 0.1) is 0 Å². The van der Waals surface area contributed by atoms with Crippen molar-refractivity contribution in [3.8, 4) is 11.4 Å². The van der Waals surface area contributed by atoms with Crippen LogP contribution < -0.4 is 4.90 Å². The molecule has 0 aliphatic heterocycles. The second kappa shape index (κ2) is 6.84. The van der Waals surface area contributed by atoms with Gasteiger partial charge in [0, 0.05) is 29.0 Å². The summed E-state index contributed by atoms with van der Waals surface area (Å²) in [5, 5.41) is 0. The highest BCUT2D eigenvalue weighted by molar-refractivity contribution is 9.10. The van der Waals surface area contributed by atoms with E-state index in [0.717, 1.165) is 10.7 Å². The number of hydrogen-bond acceptors (Lipinski definition) is 3. The zero-order valence-corrected chi connectivity index (χ0v) is 14.7. The third-order valence-corrected chi connectivity index (χ3v) is 4.17. The van der Waals surface area contributed by atoms with Crippen LogP contribution in [0.25, 0.3) is 11.4 Å². The fraction of sp³-hybridized carbons (Fsp3) is 0.111. The van der Waals surface area contributed by atoms with Crippen molar-refractivity contribution in [1.82, 2.24) is 9.97 Å². The largest absolute Gasteiger partial charge is 0.421 e. The van der Waals surface area contributed by atoms with Gasteiger partial charge in [-0.2, -0.15) is 13.2 Å². The maximum absolute atomic E-state index is 13.4. The molecular weight excluding hydrogens is 395 g/mol. The second-order valence-corrected chi connectivity index (χ2v) is 6.25. The summed E-state index contributed by atoms with van der Waals surface area (Å²) in [6.45, 7) is 0. The van der Waals surface area contributed by atoms with E-state index in [-0.39, 0.29) is 11.6 Å². The van der Waals surface area contributed by atoms with Gasteiger partial charge in [-0.05, 0) is 24.3 Å². The van der Waals surface area contributed by atoms with Crippen molar-refractivity contribution >= 4 is 27.4 Å². The van der Waals surface area contributed by atoms with E-state index in [9.17, 15) is 13.2 Å². The van der Waals surface area contributed by atoms with Gasteiger partial charge in [-0.15, -0.1) is 0 Å². The highest BCUT2D eigenvalue weighted by Gasteiger charge is 2.36. The average molecular weight is 408 g/mol. The lowest BCUT2D eigenvalue weighted by Crippen LogP contribution is -2.19. The number of nitrogens with zero attached hydrogens (tertiary/aromatic N) is 3. The molecule has 0 bridgehead atoms. The molecule has 3 aromatic rings. The van der Waals surface area contributed by atoms with Crippen LogP contribution in [0.15, 0.2) is 65.3 Å². The fourth-order valence-electron chi connectivity index (χ4n) is 2.34. The minimum absolute atomic E-state index is 0.191. The van der Waals surface area contributed by atoms with Crippen molar-refractivity contribution in [2.75, 3.05) is 11.9 Å². The fourth-order valence-corrected chi connectivity index (χ4v) is 2.61. The number of halogens is 4.